The largest absolute Gasteiger partial charge is 0.462 e. The predicted octanol–water partition coefficient (Wildman–Crippen LogP) is 3.66. The summed E-state index contributed by atoms with van der Waals surface area (Å²) in [5.41, 5.74) is 0. The van der Waals surface area contributed by atoms with Crippen LogP contribution in [0.25, 0.3) is 0 Å². The summed E-state index contributed by atoms with van der Waals surface area (Å²) in [6, 6.07) is 4.48. The van der Waals surface area contributed by atoms with Gasteiger partial charge in [-0.1, -0.05) is 25.7 Å². The standard InChI is InChI=1S/C15H25NO2/c1-16-15(12-7-5-3-4-6-8-12)14-10-9-13(18-14)11-17-2/h9-10,12,15-16H,3-8,11H2,1-2H3. The molecule has 0 aromatic carbocycles. The molecule has 1 N–H and O–H groups in total. The number of hydrogen-bond donors (Lipinski definition) is 1. The highest BCUT2D eigenvalue weighted by atomic mass is 16.5. The molecular weight excluding hydrogens is 226 g/mol. The third-order valence-electron chi connectivity index (χ3n) is 3.96. The van der Waals surface area contributed by atoms with Gasteiger partial charge in [0.2, 0.25) is 0 Å². The Hall–Kier alpha value is -0.800. The lowest BCUT2D eigenvalue weighted by Crippen LogP contribution is -2.24. The molecule has 1 aliphatic rings. The number of rotatable bonds is 5. The first-order chi connectivity index (χ1) is 8.85. The maximum absolute atomic E-state index is 5.88. The number of furan rings is 1. The van der Waals surface area contributed by atoms with Gasteiger partial charge in [-0.15, -0.1) is 0 Å². The van der Waals surface area contributed by atoms with Gasteiger partial charge in [0.05, 0.1) is 6.04 Å². The fourth-order valence-corrected chi connectivity index (χ4v) is 3.04. The normalized spacial score (nSPS) is 19.7. The van der Waals surface area contributed by atoms with Gasteiger partial charge in [-0.2, -0.15) is 0 Å². The average Bonchev–Trinajstić information content (AvgIpc) is 2.66. The van der Waals surface area contributed by atoms with Crippen LogP contribution < -0.4 is 5.32 Å². The fraction of sp³-hybridized carbons (Fsp3) is 0.733. The van der Waals surface area contributed by atoms with Gasteiger partial charge in [0.1, 0.15) is 18.1 Å². The second-order valence-electron chi connectivity index (χ2n) is 5.26. The molecule has 3 heteroatoms. The van der Waals surface area contributed by atoms with Gasteiger partial charge < -0.3 is 14.5 Å². The van der Waals surface area contributed by atoms with E-state index in [1.54, 1.807) is 7.11 Å². The highest BCUT2D eigenvalue weighted by molar-refractivity contribution is 5.11. The van der Waals surface area contributed by atoms with E-state index in [0.29, 0.717) is 18.6 Å². The lowest BCUT2D eigenvalue weighted by Gasteiger charge is -2.24. The van der Waals surface area contributed by atoms with Crippen molar-refractivity contribution in [1.82, 2.24) is 5.32 Å². The molecule has 2 rings (SSSR count). The number of ether oxygens (including phenoxy) is 1. The molecule has 0 radical (unpaired) electrons. The second-order valence-corrected chi connectivity index (χ2v) is 5.26. The molecule has 0 saturated heterocycles. The van der Waals surface area contributed by atoms with Crippen molar-refractivity contribution in [3.63, 3.8) is 0 Å². The van der Waals surface area contributed by atoms with Crippen molar-refractivity contribution in [2.45, 2.75) is 51.2 Å². The average molecular weight is 251 g/mol. The van der Waals surface area contributed by atoms with Gasteiger partial charge in [0.25, 0.3) is 0 Å². The first-order valence-electron chi connectivity index (χ1n) is 7.10. The molecule has 0 aliphatic heterocycles. The highest BCUT2D eigenvalue weighted by Crippen LogP contribution is 2.34. The summed E-state index contributed by atoms with van der Waals surface area (Å²) < 4.78 is 11.0. The quantitative estimate of drug-likeness (QED) is 0.811. The van der Waals surface area contributed by atoms with E-state index in [0.717, 1.165) is 11.5 Å². The van der Waals surface area contributed by atoms with Crippen LogP contribution in [0.15, 0.2) is 16.5 Å². The predicted molar refractivity (Wildman–Crippen MR) is 72.4 cm³/mol. The zero-order valence-corrected chi connectivity index (χ0v) is 11.6. The Bertz CT molecular complexity index is 340. The van der Waals surface area contributed by atoms with Crippen molar-refractivity contribution in [2.75, 3.05) is 14.2 Å². The third kappa shape index (κ3) is 3.36. The van der Waals surface area contributed by atoms with Crippen molar-refractivity contribution in [2.24, 2.45) is 5.92 Å². The van der Waals surface area contributed by atoms with Gasteiger partial charge in [-0.05, 0) is 37.9 Å². The van der Waals surface area contributed by atoms with Crippen molar-refractivity contribution >= 4 is 0 Å². The topological polar surface area (TPSA) is 34.4 Å². The van der Waals surface area contributed by atoms with Crippen molar-refractivity contribution in [3.05, 3.63) is 23.7 Å². The monoisotopic (exact) mass is 251 g/mol. The van der Waals surface area contributed by atoms with Crippen molar-refractivity contribution in [3.8, 4) is 0 Å². The minimum Gasteiger partial charge on any atom is -0.462 e. The van der Waals surface area contributed by atoms with E-state index >= 15 is 0 Å². The first kappa shape index (κ1) is 13.6. The molecule has 1 heterocycles. The van der Waals surface area contributed by atoms with Crippen LogP contribution >= 0.6 is 0 Å². The Balaban J connectivity index is 2.05. The Morgan fingerprint density at radius 3 is 2.61 bits per heavy atom. The van der Waals surface area contributed by atoms with Gasteiger partial charge in [0, 0.05) is 7.11 Å². The van der Waals surface area contributed by atoms with E-state index in [2.05, 4.69) is 11.4 Å². The molecule has 3 nitrogen and oxygen atoms in total. The summed E-state index contributed by atoms with van der Waals surface area (Å²) in [5, 5.41) is 3.44. The Morgan fingerprint density at radius 1 is 1.28 bits per heavy atom. The van der Waals surface area contributed by atoms with E-state index in [-0.39, 0.29) is 0 Å². The first-order valence-corrected chi connectivity index (χ1v) is 7.10. The molecule has 1 aromatic heterocycles. The minimum absolute atomic E-state index is 0.355. The molecule has 102 valence electrons. The molecule has 1 saturated carbocycles. The second kappa shape index (κ2) is 6.95. The molecule has 1 unspecified atom stereocenters. The van der Waals surface area contributed by atoms with Crippen LogP contribution in [0.3, 0.4) is 0 Å². The van der Waals surface area contributed by atoms with Gasteiger partial charge >= 0.3 is 0 Å². The molecule has 18 heavy (non-hydrogen) atoms. The minimum atomic E-state index is 0.355. The summed E-state index contributed by atoms with van der Waals surface area (Å²) in [6.45, 7) is 0.557. The summed E-state index contributed by atoms with van der Waals surface area (Å²) in [5.74, 6) is 2.69. The zero-order chi connectivity index (χ0) is 12.8. The number of nitrogens with one attached hydrogen (secondary N) is 1. The molecule has 1 atom stereocenters. The summed E-state index contributed by atoms with van der Waals surface area (Å²) in [4.78, 5) is 0. The lowest BCUT2D eigenvalue weighted by molar-refractivity contribution is 0.159. The van der Waals surface area contributed by atoms with E-state index in [4.69, 9.17) is 9.15 Å². The third-order valence-corrected chi connectivity index (χ3v) is 3.96. The number of methoxy groups -OCH3 is 1. The van der Waals surface area contributed by atoms with Crippen LogP contribution in [-0.2, 0) is 11.3 Å². The molecule has 1 aromatic rings. The van der Waals surface area contributed by atoms with Crippen LogP contribution in [0.2, 0.25) is 0 Å². The smallest absolute Gasteiger partial charge is 0.129 e. The fourth-order valence-electron chi connectivity index (χ4n) is 3.04. The molecule has 0 bridgehead atoms. The van der Waals surface area contributed by atoms with Crippen LogP contribution in [0.1, 0.15) is 56.1 Å². The number of hydrogen-bond acceptors (Lipinski definition) is 3. The lowest BCUT2D eigenvalue weighted by atomic mass is 9.90. The van der Waals surface area contributed by atoms with Gasteiger partial charge in [-0.3, -0.25) is 0 Å². The van der Waals surface area contributed by atoms with Crippen LogP contribution in [0.5, 0.6) is 0 Å². The van der Waals surface area contributed by atoms with Crippen LogP contribution in [0, 0.1) is 5.92 Å². The summed E-state index contributed by atoms with van der Waals surface area (Å²) in [7, 11) is 3.73. The van der Waals surface area contributed by atoms with E-state index in [1.807, 2.05) is 13.1 Å². The SMILES string of the molecule is CNC(c1ccc(COC)o1)C1CCCCCC1. The van der Waals surface area contributed by atoms with Crippen molar-refractivity contribution < 1.29 is 9.15 Å². The van der Waals surface area contributed by atoms with E-state index in [9.17, 15) is 0 Å². The van der Waals surface area contributed by atoms with Gasteiger partial charge in [-0.25, -0.2) is 0 Å². The summed E-state index contributed by atoms with van der Waals surface area (Å²) in [6.07, 6.45) is 8.11. The van der Waals surface area contributed by atoms with Crippen molar-refractivity contribution in [1.29, 1.82) is 0 Å². The van der Waals surface area contributed by atoms with Crippen LogP contribution in [-0.4, -0.2) is 14.2 Å². The summed E-state index contributed by atoms with van der Waals surface area (Å²) >= 11 is 0. The zero-order valence-electron chi connectivity index (χ0n) is 11.6. The molecule has 0 spiro atoms. The maximum atomic E-state index is 5.88. The Kier molecular flexibility index (Phi) is 5.26. The Labute approximate surface area is 110 Å². The molecular formula is C15H25NO2. The van der Waals surface area contributed by atoms with Gasteiger partial charge in [0.15, 0.2) is 0 Å². The van der Waals surface area contributed by atoms with E-state index in [1.165, 1.54) is 38.5 Å². The highest BCUT2D eigenvalue weighted by Gasteiger charge is 2.25. The molecule has 0 amide bonds. The molecule has 1 aliphatic carbocycles. The maximum Gasteiger partial charge on any atom is 0.129 e. The van der Waals surface area contributed by atoms with Crippen LogP contribution in [0.4, 0.5) is 0 Å². The Morgan fingerprint density at radius 2 is 2.00 bits per heavy atom. The van der Waals surface area contributed by atoms with E-state index < -0.39 is 0 Å². The molecule has 1 fully saturated rings.